The number of aliphatic hydroxyl groups excluding tert-OH is 1. The zero-order chi connectivity index (χ0) is 86.7. The van der Waals surface area contributed by atoms with Crippen LogP contribution in [-0.4, -0.2) is 87.3 Å². The number of hydrogen-bond donors (Lipinski definition) is 3. The van der Waals surface area contributed by atoms with Gasteiger partial charge in [-0.25, -0.2) is 29.6 Å². The fourth-order valence-electron chi connectivity index (χ4n) is 11.4. The number of aldehydes is 2. The second-order valence-corrected chi connectivity index (χ2v) is 28.1. The Morgan fingerprint density at radius 2 is 1.05 bits per heavy atom. The van der Waals surface area contributed by atoms with Crippen molar-refractivity contribution in [3.8, 4) is 29.3 Å². The summed E-state index contributed by atoms with van der Waals surface area (Å²) in [5, 5.41) is 14.7. The Hall–Kier alpha value is -14.6. The highest BCUT2D eigenvalue weighted by Crippen LogP contribution is 2.30. The number of aromatic amines is 1. The quantitative estimate of drug-likeness (QED) is 0.0269. The maximum atomic E-state index is 12.7. The first kappa shape index (κ1) is 94.6. The minimum absolute atomic E-state index is 0. The number of anilines is 2. The Morgan fingerprint density at radius 3 is 1.57 bits per heavy atom. The van der Waals surface area contributed by atoms with E-state index in [2.05, 4.69) is 96.6 Å². The number of ether oxygens (including phenoxy) is 6. The summed E-state index contributed by atoms with van der Waals surface area (Å²) in [4.78, 5) is 74.0. The molecule has 7 heterocycles. The van der Waals surface area contributed by atoms with Gasteiger partial charge in [0.15, 0.2) is 18.3 Å². The molecule has 1 amide bonds. The molecule has 21 nitrogen and oxygen atoms in total. The van der Waals surface area contributed by atoms with E-state index < -0.39 is 17.8 Å². The lowest BCUT2D eigenvalue weighted by Crippen LogP contribution is -2.38. The molecular weight excluding hydrogens is 1530 g/mol. The van der Waals surface area contributed by atoms with E-state index in [0.717, 1.165) is 113 Å². The van der Waals surface area contributed by atoms with E-state index in [1.807, 2.05) is 240 Å². The number of benzene rings is 6. The number of carbonyl (C=O) groups is 3. The summed E-state index contributed by atoms with van der Waals surface area (Å²) >= 11 is 0. The maximum absolute atomic E-state index is 12.7. The predicted molar refractivity (Wildman–Crippen MR) is 491 cm³/mol. The number of pyridine rings is 4. The fourth-order valence-corrected chi connectivity index (χ4v) is 11.4. The monoisotopic (exact) mass is 1640 g/mol. The Kier molecular flexibility index (Phi) is 39.0. The summed E-state index contributed by atoms with van der Waals surface area (Å²) in [5.41, 5.74) is 16.5. The number of nitrogens with zero attached hydrogens (tertiary/aromatic N) is 9. The molecule has 0 aliphatic rings. The Balaban J connectivity index is 0.000000204. The molecule has 122 heavy (non-hydrogen) atoms. The van der Waals surface area contributed by atoms with Gasteiger partial charge in [-0.15, -0.1) is 13.2 Å². The standard InChI is InChI=1S/C23H28N4O4.C19H20N2O.2C15H15NO.C14H14N2O2.C14H13NO.CH4/c1-6-13-24-19-18(15-28)20(30-16-17-11-9-8-10-12-17)26-21(25-19)27(14-7-2)22(29)31-23(3,4)5;1-3-13-11-20-12-14(4-2)16(13)10-19(22)18-9-15-7-5-6-8-17(15)21-18;1-3-14-9-12(2)10-16-15(14)17-11-13-7-5-4-6-8-13;1-3-14-10-9-12(2)16-15(14)17-11-13-7-5-4-6-8-13;1-10-11(2)16-14(13(8-17)15-10)18-9-12-6-4-3-5-7-12;1-2-13-8-9-15-10-14(13)16-11-12-6-4-3-5-7-12;/h6-12,15H,1-2,13-14,16H2,3-5H3,(H,24,25,26);3,5-9,11-12,19,21-22H,1,4,10H2,2H3;2*3-10H,1,11H2,2H3;3-8H,9H2,1-2H3;2-10H,1,11H2;1H4. The summed E-state index contributed by atoms with van der Waals surface area (Å²) in [6.07, 6.45) is 20.7. The lowest BCUT2D eigenvalue weighted by molar-refractivity contribution is 0.0581. The minimum atomic E-state index is -0.713. The van der Waals surface area contributed by atoms with Gasteiger partial charge >= 0.3 is 6.09 Å². The number of aromatic nitrogens is 9. The molecule has 1 atom stereocenters. The van der Waals surface area contributed by atoms with Crippen LogP contribution in [0.4, 0.5) is 16.6 Å². The normalized spacial score (nSPS) is 10.5. The molecule has 628 valence electrons. The average Bonchev–Trinajstić information content (AvgIpc) is 1.72. The van der Waals surface area contributed by atoms with Crippen LogP contribution in [0.25, 0.3) is 35.2 Å². The molecule has 7 aromatic heterocycles. The van der Waals surface area contributed by atoms with E-state index in [0.29, 0.717) is 63.7 Å². The second-order valence-electron chi connectivity index (χ2n) is 28.1. The van der Waals surface area contributed by atoms with Gasteiger partial charge in [-0.2, -0.15) is 9.97 Å². The fraction of sp³-hybridized carbons (Fsp3) is 0.198. The van der Waals surface area contributed by atoms with Crippen LogP contribution in [0, 0.1) is 27.7 Å². The third kappa shape index (κ3) is 30.4. The molecule has 13 aromatic rings. The molecule has 21 heteroatoms. The van der Waals surface area contributed by atoms with E-state index in [1.165, 1.54) is 11.0 Å². The summed E-state index contributed by atoms with van der Waals surface area (Å²) in [6.45, 7) is 40.1. The Morgan fingerprint density at radius 1 is 0.525 bits per heavy atom. The van der Waals surface area contributed by atoms with Crippen molar-refractivity contribution in [2.24, 2.45) is 0 Å². The number of para-hydroxylation sites is 1. The topological polar surface area (TPSA) is 261 Å². The van der Waals surface area contributed by atoms with Gasteiger partial charge in [0, 0.05) is 71.3 Å². The molecule has 13 rings (SSSR count). The summed E-state index contributed by atoms with van der Waals surface area (Å²) in [7, 11) is 0. The molecule has 0 saturated carbocycles. The molecule has 3 N–H and O–H groups in total. The molecular formula is C101H109N11O10. The average molecular weight is 1640 g/mol. The number of aliphatic hydroxyl groups is 1. The number of amides is 1. The molecule has 0 radical (unpaired) electrons. The third-order valence-electron chi connectivity index (χ3n) is 17.7. The molecule has 0 aliphatic carbocycles. The maximum Gasteiger partial charge on any atom is 0.417 e. The van der Waals surface area contributed by atoms with Gasteiger partial charge in [0.2, 0.25) is 29.5 Å². The summed E-state index contributed by atoms with van der Waals surface area (Å²) < 4.78 is 33.9. The minimum Gasteiger partial charge on any atom is -0.487 e. The lowest BCUT2D eigenvalue weighted by Gasteiger charge is -2.26. The predicted octanol–water partition coefficient (Wildman–Crippen LogP) is 22.1. The third-order valence-corrected chi connectivity index (χ3v) is 17.7. The van der Waals surface area contributed by atoms with Crippen LogP contribution in [0.15, 0.2) is 289 Å². The van der Waals surface area contributed by atoms with E-state index in [4.69, 9.17) is 28.4 Å². The van der Waals surface area contributed by atoms with Gasteiger partial charge in [-0.05, 0) is 147 Å². The summed E-state index contributed by atoms with van der Waals surface area (Å²) in [5.74, 6) is 2.62. The van der Waals surface area contributed by atoms with Crippen LogP contribution in [0.1, 0.15) is 152 Å². The number of carbonyl (C=O) groups excluding carboxylic acids is 3. The van der Waals surface area contributed by atoms with Crippen LogP contribution in [-0.2, 0) is 50.6 Å². The van der Waals surface area contributed by atoms with Crippen molar-refractivity contribution < 1.29 is 47.9 Å². The molecule has 0 saturated heterocycles. The van der Waals surface area contributed by atoms with E-state index in [-0.39, 0.29) is 55.4 Å². The first-order chi connectivity index (χ1) is 58.7. The van der Waals surface area contributed by atoms with Crippen molar-refractivity contribution in [1.29, 1.82) is 0 Å². The van der Waals surface area contributed by atoms with Gasteiger partial charge in [0.25, 0.3) is 0 Å². The lowest BCUT2D eigenvalue weighted by atomic mass is 9.96. The van der Waals surface area contributed by atoms with E-state index >= 15 is 0 Å². The van der Waals surface area contributed by atoms with Crippen molar-refractivity contribution >= 4 is 65.6 Å². The van der Waals surface area contributed by atoms with Crippen molar-refractivity contribution in [2.75, 3.05) is 23.3 Å². The highest BCUT2D eigenvalue weighted by atomic mass is 16.6. The number of H-pyrrole nitrogens is 1. The highest BCUT2D eigenvalue weighted by molar-refractivity contribution is 5.90. The smallest absolute Gasteiger partial charge is 0.417 e. The number of rotatable bonds is 31. The largest absolute Gasteiger partial charge is 0.487 e. The van der Waals surface area contributed by atoms with Gasteiger partial charge in [-0.3, -0.25) is 19.6 Å². The van der Waals surface area contributed by atoms with Crippen LogP contribution in [0.2, 0.25) is 0 Å². The first-order valence-corrected chi connectivity index (χ1v) is 39.3. The van der Waals surface area contributed by atoms with Crippen molar-refractivity contribution in [1.82, 2.24) is 44.9 Å². The van der Waals surface area contributed by atoms with Gasteiger partial charge < -0.3 is 43.8 Å². The zero-order valence-electron chi connectivity index (χ0n) is 70.0. The van der Waals surface area contributed by atoms with Gasteiger partial charge in [0.1, 0.15) is 55.8 Å². The van der Waals surface area contributed by atoms with Crippen molar-refractivity contribution in [3.63, 3.8) is 0 Å². The van der Waals surface area contributed by atoms with Gasteiger partial charge in [0.05, 0.1) is 30.2 Å². The highest BCUT2D eigenvalue weighted by Gasteiger charge is 2.28. The van der Waals surface area contributed by atoms with Crippen LogP contribution >= 0.6 is 0 Å². The van der Waals surface area contributed by atoms with E-state index in [1.54, 1.807) is 75.9 Å². The zero-order valence-corrected chi connectivity index (χ0v) is 70.0. The second kappa shape index (κ2) is 50.3. The molecule has 0 fully saturated rings. The van der Waals surface area contributed by atoms with Crippen LogP contribution < -0.4 is 33.9 Å². The number of hydrogen-bond acceptors (Lipinski definition) is 19. The molecule has 1 unspecified atom stereocenters. The number of aryl methyl sites for hydroxylation is 5. The van der Waals surface area contributed by atoms with Crippen LogP contribution in [0.3, 0.4) is 0 Å². The Bertz CT molecular complexity index is 5460. The van der Waals surface area contributed by atoms with Crippen molar-refractivity contribution in [2.45, 2.75) is 120 Å². The summed E-state index contributed by atoms with van der Waals surface area (Å²) in [6, 6.07) is 67.2. The van der Waals surface area contributed by atoms with E-state index in [9.17, 15) is 19.5 Å². The Labute approximate surface area is 717 Å². The number of fused-ring (bicyclic) bond motifs is 1. The van der Waals surface area contributed by atoms with Gasteiger partial charge in [-0.1, -0.05) is 247 Å². The molecule has 0 spiro atoms. The SMILES string of the molecule is C.C=CCNc1nc(N(CC=C)C(=O)OC(C)(C)C)nc(OCc2ccccc2)c1C=O.C=Cc1cc(C)cnc1OCc1ccccc1.C=Cc1ccc(C)nc1OCc1ccccc1.C=Cc1ccncc1OCc1ccccc1.C=Cc1cncc(CC)c1CC(O)c1cc2ccccc2[nH]1.Cc1nc(C=O)c(OCc2ccccc2)nc1C. The number of nitrogens with one attached hydrogen (secondary N) is 2. The van der Waals surface area contributed by atoms with Crippen molar-refractivity contribution in [3.05, 3.63) is 390 Å². The van der Waals surface area contributed by atoms with Crippen LogP contribution in [0.5, 0.6) is 29.3 Å². The molecule has 0 bridgehead atoms. The first-order valence-electron chi connectivity index (χ1n) is 39.3. The molecule has 0 aliphatic heterocycles. The molecule has 6 aromatic carbocycles.